The highest BCUT2D eigenvalue weighted by atomic mass is 19.2. The molecule has 0 aromatic heterocycles. The molecule has 3 heteroatoms. The zero-order valence-electron chi connectivity index (χ0n) is 15.5. The van der Waals surface area contributed by atoms with Gasteiger partial charge in [-0.25, -0.2) is 13.2 Å². The molecule has 0 radical (unpaired) electrons. The first kappa shape index (κ1) is 18.3. The van der Waals surface area contributed by atoms with Gasteiger partial charge < -0.3 is 0 Å². The van der Waals surface area contributed by atoms with Crippen LogP contribution in [0.25, 0.3) is 33.0 Å². The minimum atomic E-state index is -1.44. The summed E-state index contributed by atoms with van der Waals surface area (Å²) in [7, 11) is 0. The van der Waals surface area contributed by atoms with E-state index in [-0.39, 0.29) is 5.39 Å². The molecule has 0 nitrogen and oxygen atoms in total. The van der Waals surface area contributed by atoms with Gasteiger partial charge in [-0.05, 0) is 51.8 Å². The number of rotatable bonds is 4. The molecule has 4 rings (SSSR count). The first-order valence-corrected chi connectivity index (χ1v) is 9.34. The monoisotopic (exact) mass is 376 g/mol. The van der Waals surface area contributed by atoms with Crippen molar-refractivity contribution >= 4 is 10.8 Å². The molecule has 4 aromatic carbocycles. The van der Waals surface area contributed by atoms with Crippen LogP contribution in [-0.4, -0.2) is 0 Å². The van der Waals surface area contributed by atoms with Gasteiger partial charge in [0.1, 0.15) is 0 Å². The van der Waals surface area contributed by atoms with Crippen molar-refractivity contribution in [3.8, 4) is 22.3 Å². The van der Waals surface area contributed by atoms with Crippen LogP contribution in [0, 0.1) is 17.5 Å². The lowest BCUT2D eigenvalue weighted by Crippen LogP contribution is -1.92. The van der Waals surface area contributed by atoms with Crippen molar-refractivity contribution in [1.29, 1.82) is 0 Å². The molecular formula is C25H19F3. The average molecular weight is 376 g/mol. The molecule has 0 saturated heterocycles. The van der Waals surface area contributed by atoms with Crippen molar-refractivity contribution in [1.82, 2.24) is 0 Å². The summed E-state index contributed by atoms with van der Waals surface area (Å²) in [5.41, 5.74) is 5.33. The Bertz CT molecular complexity index is 1130. The van der Waals surface area contributed by atoms with Gasteiger partial charge in [0.05, 0.1) is 0 Å². The lowest BCUT2D eigenvalue weighted by molar-refractivity contribution is 0.453. The molecule has 0 aliphatic rings. The number of fused-ring (bicyclic) bond motifs is 1. The Morgan fingerprint density at radius 1 is 0.607 bits per heavy atom. The fourth-order valence-electron chi connectivity index (χ4n) is 3.49. The molecule has 0 fully saturated rings. The van der Waals surface area contributed by atoms with E-state index in [4.69, 9.17) is 0 Å². The zero-order chi connectivity index (χ0) is 19.7. The lowest BCUT2D eigenvalue weighted by Gasteiger charge is -2.08. The van der Waals surface area contributed by atoms with E-state index in [1.54, 1.807) is 12.1 Å². The summed E-state index contributed by atoms with van der Waals surface area (Å²) in [4.78, 5) is 0. The fourth-order valence-corrected chi connectivity index (χ4v) is 3.49. The van der Waals surface area contributed by atoms with Gasteiger partial charge >= 0.3 is 0 Å². The van der Waals surface area contributed by atoms with Gasteiger partial charge in [0, 0.05) is 5.39 Å². The van der Waals surface area contributed by atoms with Crippen LogP contribution in [0.1, 0.15) is 18.9 Å². The van der Waals surface area contributed by atoms with Gasteiger partial charge in [-0.15, -0.1) is 0 Å². The maximum absolute atomic E-state index is 13.9. The quantitative estimate of drug-likeness (QED) is 0.323. The summed E-state index contributed by atoms with van der Waals surface area (Å²) in [6, 6.07) is 22.5. The molecule has 0 aliphatic carbocycles. The Morgan fingerprint density at radius 2 is 1.14 bits per heavy atom. The van der Waals surface area contributed by atoms with Crippen LogP contribution in [0.5, 0.6) is 0 Å². The number of aryl methyl sites for hydroxylation is 1. The summed E-state index contributed by atoms with van der Waals surface area (Å²) in [6.45, 7) is 2.17. The van der Waals surface area contributed by atoms with E-state index in [0.29, 0.717) is 5.39 Å². The molecule has 28 heavy (non-hydrogen) atoms. The molecule has 0 bridgehead atoms. The lowest BCUT2D eigenvalue weighted by atomic mass is 9.97. The molecule has 0 spiro atoms. The molecule has 0 N–H and O–H groups in total. The summed E-state index contributed by atoms with van der Waals surface area (Å²) in [6.07, 6.45) is 2.20. The maximum Gasteiger partial charge on any atom is 0.195 e. The Morgan fingerprint density at radius 3 is 1.75 bits per heavy atom. The van der Waals surface area contributed by atoms with Gasteiger partial charge in [0.2, 0.25) is 0 Å². The van der Waals surface area contributed by atoms with Crippen molar-refractivity contribution in [2.45, 2.75) is 19.8 Å². The molecule has 0 heterocycles. The van der Waals surface area contributed by atoms with Crippen LogP contribution >= 0.6 is 0 Å². The second kappa shape index (κ2) is 7.51. The number of hydrogen-bond donors (Lipinski definition) is 0. The third-order valence-corrected chi connectivity index (χ3v) is 5.02. The first-order valence-electron chi connectivity index (χ1n) is 9.34. The van der Waals surface area contributed by atoms with E-state index in [2.05, 4.69) is 31.2 Å². The number of halogens is 3. The van der Waals surface area contributed by atoms with E-state index in [1.807, 2.05) is 24.3 Å². The molecule has 0 unspecified atom stereocenters. The van der Waals surface area contributed by atoms with E-state index in [9.17, 15) is 13.2 Å². The van der Waals surface area contributed by atoms with Gasteiger partial charge in [0.15, 0.2) is 17.5 Å². The van der Waals surface area contributed by atoms with Crippen molar-refractivity contribution in [3.05, 3.63) is 95.8 Å². The van der Waals surface area contributed by atoms with Gasteiger partial charge in [0.25, 0.3) is 0 Å². The van der Waals surface area contributed by atoms with Crippen molar-refractivity contribution in [3.63, 3.8) is 0 Å². The van der Waals surface area contributed by atoms with Crippen LogP contribution in [0.2, 0.25) is 0 Å². The van der Waals surface area contributed by atoms with E-state index < -0.39 is 17.5 Å². The molecule has 4 aromatic rings. The predicted octanol–water partition coefficient (Wildman–Crippen LogP) is 7.54. The maximum atomic E-state index is 13.9. The standard InChI is InChI=1S/C25H19F3/c1-2-3-16-4-6-17(7-5-16)18-8-10-19(11-9-18)20-12-13-22-21(14-20)15-23(26)25(28)24(22)27/h4-15H,2-3H2,1H3. The average Bonchev–Trinajstić information content (AvgIpc) is 2.73. The van der Waals surface area contributed by atoms with E-state index in [0.717, 1.165) is 41.2 Å². The fraction of sp³-hybridized carbons (Fsp3) is 0.120. The van der Waals surface area contributed by atoms with Crippen LogP contribution in [-0.2, 0) is 6.42 Å². The number of hydrogen-bond acceptors (Lipinski definition) is 0. The second-order valence-electron chi connectivity index (χ2n) is 6.95. The zero-order valence-corrected chi connectivity index (χ0v) is 15.5. The van der Waals surface area contributed by atoms with Crippen molar-refractivity contribution in [2.24, 2.45) is 0 Å². The van der Waals surface area contributed by atoms with Gasteiger partial charge in [-0.3, -0.25) is 0 Å². The van der Waals surface area contributed by atoms with Gasteiger partial charge in [-0.2, -0.15) is 0 Å². The van der Waals surface area contributed by atoms with Crippen molar-refractivity contribution in [2.75, 3.05) is 0 Å². The van der Waals surface area contributed by atoms with E-state index >= 15 is 0 Å². The van der Waals surface area contributed by atoms with Crippen LogP contribution in [0.15, 0.2) is 72.8 Å². The van der Waals surface area contributed by atoms with Crippen LogP contribution in [0.4, 0.5) is 13.2 Å². The highest BCUT2D eigenvalue weighted by Crippen LogP contribution is 2.30. The largest absolute Gasteiger partial charge is 0.204 e. The molecule has 0 amide bonds. The summed E-state index contributed by atoms with van der Waals surface area (Å²) < 4.78 is 40.8. The summed E-state index contributed by atoms with van der Waals surface area (Å²) in [5, 5.41) is 0.413. The molecule has 0 saturated carbocycles. The second-order valence-corrected chi connectivity index (χ2v) is 6.95. The molecule has 140 valence electrons. The summed E-state index contributed by atoms with van der Waals surface area (Å²) >= 11 is 0. The molecule has 0 atom stereocenters. The Hall–Kier alpha value is -3.07. The summed E-state index contributed by atoms with van der Waals surface area (Å²) in [5.74, 6) is -3.76. The molecule has 0 aliphatic heterocycles. The third kappa shape index (κ3) is 3.40. The Kier molecular flexibility index (Phi) is 4.91. The normalized spacial score (nSPS) is 11.1. The minimum absolute atomic E-state index is 0.0754. The smallest absolute Gasteiger partial charge is 0.195 e. The van der Waals surface area contributed by atoms with Crippen LogP contribution < -0.4 is 0 Å². The minimum Gasteiger partial charge on any atom is -0.204 e. The first-order chi connectivity index (χ1) is 13.6. The third-order valence-electron chi connectivity index (χ3n) is 5.02. The predicted molar refractivity (Wildman–Crippen MR) is 109 cm³/mol. The topological polar surface area (TPSA) is 0 Å². The highest BCUT2D eigenvalue weighted by molar-refractivity contribution is 5.88. The SMILES string of the molecule is CCCc1ccc(-c2ccc(-c3ccc4c(F)c(F)c(F)cc4c3)cc2)cc1. The van der Waals surface area contributed by atoms with Crippen LogP contribution in [0.3, 0.4) is 0 Å². The molecular weight excluding hydrogens is 357 g/mol. The van der Waals surface area contributed by atoms with Gasteiger partial charge in [-0.1, -0.05) is 74.0 Å². The van der Waals surface area contributed by atoms with E-state index in [1.165, 1.54) is 11.6 Å². The van der Waals surface area contributed by atoms with Crippen molar-refractivity contribution < 1.29 is 13.2 Å². The Labute approximate surface area is 162 Å². The Balaban J connectivity index is 1.66. The highest BCUT2D eigenvalue weighted by Gasteiger charge is 2.14. The number of benzene rings is 4.